The van der Waals surface area contributed by atoms with Crippen LogP contribution in [-0.2, 0) is 14.8 Å². The Morgan fingerprint density at radius 3 is 2.43 bits per heavy atom. The third-order valence-electron chi connectivity index (χ3n) is 3.78. The molecule has 0 saturated heterocycles. The second-order valence-electron chi connectivity index (χ2n) is 5.82. The summed E-state index contributed by atoms with van der Waals surface area (Å²) >= 11 is 0. The van der Waals surface area contributed by atoms with E-state index in [1.165, 1.54) is 7.11 Å². The van der Waals surface area contributed by atoms with Crippen LogP contribution >= 0.6 is 0 Å². The number of benzene rings is 2. The lowest BCUT2D eigenvalue weighted by atomic mass is 10.3. The molecule has 0 saturated carbocycles. The molecule has 0 aromatic heterocycles. The van der Waals surface area contributed by atoms with E-state index in [1.54, 1.807) is 55.6 Å². The van der Waals surface area contributed by atoms with Gasteiger partial charge in [-0.25, -0.2) is 8.42 Å². The number of nitrogens with zero attached hydrogens (tertiary/aromatic N) is 1. The van der Waals surface area contributed by atoms with Gasteiger partial charge in [-0.2, -0.15) is 0 Å². The Labute approximate surface area is 165 Å². The van der Waals surface area contributed by atoms with Crippen LogP contribution in [0, 0.1) is 0 Å². The standard InChI is InChI=1S/C19H24N2O6S/c1-25-15-7-6-8-16(13-15)27-12-11-20-19(22)14-21(28(3,23)24)17-9-4-5-10-18(17)26-2/h4-10,13H,11-12,14H2,1-3H3,(H,20,22). The van der Waals surface area contributed by atoms with E-state index in [2.05, 4.69) is 5.32 Å². The summed E-state index contributed by atoms with van der Waals surface area (Å²) in [6, 6.07) is 13.7. The van der Waals surface area contributed by atoms with Crippen molar-refractivity contribution in [3.8, 4) is 17.2 Å². The highest BCUT2D eigenvalue weighted by molar-refractivity contribution is 7.92. The summed E-state index contributed by atoms with van der Waals surface area (Å²) in [4.78, 5) is 12.3. The van der Waals surface area contributed by atoms with Gasteiger partial charge in [-0.15, -0.1) is 0 Å². The fourth-order valence-corrected chi connectivity index (χ4v) is 3.31. The molecule has 2 aromatic carbocycles. The van der Waals surface area contributed by atoms with Gasteiger partial charge in [0.1, 0.15) is 30.4 Å². The molecule has 0 aliphatic heterocycles. The van der Waals surface area contributed by atoms with Gasteiger partial charge in [0.05, 0.1) is 32.7 Å². The van der Waals surface area contributed by atoms with Gasteiger partial charge in [0.15, 0.2) is 0 Å². The van der Waals surface area contributed by atoms with Gasteiger partial charge in [0.25, 0.3) is 0 Å². The first-order valence-corrected chi connectivity index (χ1v) is 10.3. The van der Waals surface area contributed by atoms with E-state index >= 15 is 0 Å². The first kappa shape index (κ1) is 21.4. The molecule has 28 heavy (non-hydrogen) atoms. The molecule has 1 amide bonds. The van der Waals surface area contributed by atoms with Crippen LogP contribution in [0.5, 0.6) is 17.2 Å². The highest BCUT2D eigenvalue weighted by Gasteiger charge is 2.23. The Morgan fingerprint density at radius 1 is 1.04 bits per heavy atom. The molecular weight excluding hydrogens is 384 g/mol. The van der Waals surface area contributed by atoms with Crippen LogP contribution in [0.3, 0.4) is 0 Å². The van der Waals surface area contributed by atoms with Crippen LogP contribution in [0.2, 0.25) is 0 Å². The van der Waals surface area contributed by atoms with Crippen LogP contribution in [0.1, 0.15) is 0 Å². The summed E-state index contributed by atoms with van der Waals surface area (Å²) in [6.07, 6.45) is 1.04. The van der Waals surface area contributed by atoms with Gasteiger partial charge in [-0.05, 0) is 24.3 Å². The number of hydrogen-bond acceptors (Lipinski definition) is 6. The summed E-state index contributed by atoms with van der Waals surface area (Å²) < 4.78 is 41.2. The van der Waals surface area contributed by atoms with Crippen molar-refractivity contribution in [3.05, 3.63) is 48.5 Å². The number of rotatable bonds is 10. The van der Waals surface area contributed by atoms with Crippen LogP contribution in [0.15, 0.2) is 48.5 Å². The van der Waals surface area contributed by atoms with Crippen molar-refractivity contribution in [2.75, 3.05) is 44.5 Å². The van der Waals surface area contributed by atoms with E-state index in [0.29, 0.717) is 22.9 Å². The maximum absolute atomic E-state index is 12.3. The molecule has 8 nitrogen and oxygen atoms in total. The zero-order valence-electron chi connectivity index (χ0n) is 16.0. The minimum Gasteiger partial charge on any atom is -0.497 e. The van der Waals surface area contributed by atoms with E-state index in [0.717, 1.165) is 10.6 Å². The maximum Gasteiger partial charge on any atom is 0.240 e. The van der Waals surface area contributed by atoms with Gasteiger partial charge < -0.3 is 19.5 Å². The Balaban J connectivity index is 1.93. The van der Waals surface area contributed by atoms with E-state index < -0.39 is 15.9 Å². The number of nitrogens with one attached hydrogen (secondary N) is 1. The Bertz CT molecular complexity index is 901. The van der Waals surface area contributed by atoms with Gasteiger partial charge in [0.2, 0.25) is 15.9 Å². The number of sulfonamides is 1. The van der Waals surface area contributed by atoms with E-state index in [1.807, 2.05) is 0 Å². The summed E-state index contributed by atoms with van der Waals surface area (Å²) in [5.41, 5.74) is 0.301. The van der Waals surface area contributed by atoms with Crippen molar-refractivity contribution in [1.82, 2.24) is 5.32 Å². The second kappa shape index (κ2) is 9.84. The summed E-state index contributed by atoms with van der Waals surface area (Å²) in [6.45, 7) is 0.0877. The van der Waals surface area contributed by atoms with E-state index in [4.69, 9.17) is 14.2 Å². The molecule has 0 atom stereocenters. The van der Waals surface area contributed by atoms with Crippen LogP contribution < -0.4 is 23.8 Å². The van der Waals surface area contributed by atoms with Gasteiger partial charge in [-0.1, -0.05) is 18.2 Å². The molecule has 0 heterocycles. The third kappa shape index (κ3) is 6.05. The number of carbonyl (C=O) groups excluding carboxylic acids is 1. The van der Waals surface area contributed by atoms with E-state index in [-0.39, 0.29) is 19.7 Å². The van der Waals surface area contributed by atoms with Crippen molar-refractivity contribution >= 4 is 21.6 Å². The average molecular weight is 408 g/mol. The molecule has 0 aliphatic rings. The van der Waals surface area contributed by atoms with Crippen LogP contribution in [-0.4, -0.2) is 54.5 Å². The molecule has 9 heteroatoms. The molecule has 152 valence electrons. The van der Waals surface area contributed by atoms with E-state index in [9.17, 15) is 13.2 Å². The van der Waals surface area contributed by atoms with Crippen LogP contribution in [0.25, 0.3) is 0 Å². The lowest BCUT2D eigenvalue weighted by molar-refractivity contribution is -0.119. The molecule has 2 rings (SSSR count). The SMILES string of the molecule is COc1cccc(OCCNC(=O)CN(c2ccccc2OC)S(C)(=O)=O)c1. The summed E-state index contributed by atoms with van der Waals surface area (Å²) in [7, 11) is -0.676. The molecule has 2 aromatic rings. The molecule has 0 fully saturated rings. The zero-order valence-corrected chi connectivity index (χ0v) is 16.9. The van der Waals surface area contributed by atoms with Gasteiger partial charge >= 0.3 is 0 Å². The van der Waals surface area contributed by atoms with Crippen molar-refractivity contribution < 1.29 is 27.4 Å². The number of carbonyl (C=O) groups is 1. The molecule has 1 N–H and O–H groups in total. The number of ether oxygens (including phenoxy) is 3. The highest BCUT2D eigenvalue weighted by atomic mass is 32.2. The maximum atomic E-state index is 12.3. The Kier molecular flexibility index (Phi) is 7.51. The highest BCUT2D eigenvalue weighted by Crippen LogP contribution is 2.29. The quantitative estimate of drug-likeness (QED) is 0.601. The van der Waals surface area contributed by atoms with Crippen molar-refractivity contribution in [1.29, 1.82) is 0 Å². The van der Waals surface area contributed by atoms with Crippen LogP contribution in [0.4, 0.5) is 5.69 Å². The first-order chi connectivity index (χ1) is 13.3. The predicted octanol–water partition coefficient (Wildman–Crippen LogP) is 1.66. The Hall–Kier alpha value is -2.94. The number of methoxy groups -OCH3 is 2. The summed E-state index contributed by atoms with van der Waals surface area (Å²) in [5.74, 6) is 1.19. The predicted molar refractivity (Wildman–Crippen MR) is 107 cm³/mol. The smallest absolute Gasteiger partial charge is 0.240 e. The molecule has 0 spiro atoms. The van der Waals surface area contributed by atoms with Crippen molar-refractivity contribution in [2.24, 2.45) is 0 Å². The number of amides is 1. The number of para-hydroxylation sites is 2. The topological polar surface area (TPSA) is 94.2 Å². The minimum atomic E-state index is -3.68. The molecule has 0 radical (unpaired) electrons. The number of hydrogen-bond donors (Lipinski definition) is 1. The third-order valence-corrected chi connectivity index (χ3v) is 4.90. The number of anilines is 1. The van der Waals surface area contributed by atoms with Gasteiger partial charge in [0, 0.05) is 6.07 Å². The summed E-state index contributed by atoms with van der Waals surface area (Å²) in [5, 5.41) is 2.65. The van der Waals surface area contributed by atoms with Crippen molar-refractivity contribution in [2.45, 2.75) is 0 Å². The molecular formula is C19H24N2O6S. The lowest BCUT2D eigenvalue weighted by Gasteiger charge is -2.23. The fraction of sp³-hybridized carbons (Fsp3) is 0.316. The zero-order chi connectivity index (χ0) is 20.6. The largest absolute Gasteiger partial charge is 0.497 e. The monoisotopic (exact) mass is 408 g/mol. The minimum absolute atomic E-state index is 0.222. The normalized spacial score (nSPS) is 10.8. The first-order valence-electron chi connectivity index (χ1n) is 8.49. The molecule has 0 unspecified atom stereocenters. The molecule has 0 aliphatic carbocycles. The fourth-order valence-electron chi connectivity index (χ4n) is 2.45. The van der Waals surface area contributed by atoms with Gasteiger partial charge in [-0.3, -0.25) is 9.10 Å². The van der Waals surface area contributed by atoms with Crippen molar-refractivity contribution in [3.63, 3.8) is 0 Å². The second-order valence-corrected chi connectivity index (χ2v) is 7.73. The Morgan fingerprint density at radius 2 is 1.75 bits per heavy atom. The average Bonchev–Trinajstić information content (AvgIpc) is 2.68. The molecule has 0 bridgehead atoms. The lowest BCUT2D eigenvalue weighted by Crippen LogP contribution is -2.41.